The molecule has 0 aliphatic rings. The minimum Gasteiger partial charge on any atom is -0.380 e. The number of halogens is 3. The molecule has 0 radical (unpaired) electrons. The molecule has 0 spiro atoms. The average molecular weight is 299 g/mol. The first-order chi connectivity index (χ1) is 8.97. The van der Waals surface area contributed by atoms with Gasteiger partial charge in [-0.3, -0.25) is 0 Å². The Morgan fingerprint density at radius 3 is 2.53 bits per heavy atom. The number of aliphatic hydroxyl groups is 1. The summed E-state index contributed by atoms with van der Waals surface area (Å²) in [4.78, 5) is 0. The minimum absolute atomic E-state index is 0.358. The van der Waals surface area contributed by atoms with Crippen LogP contribution in [-0.4, -0.2) is 5.11 Å². The van der Waals surface area contributed by atoms with Crippen molar-refractivity contribution >= 4 is 23.2 Å². The van der Waals surface area contributed by atoms with Gasteiger partial charge in [-0.1, -0.05) is 42.3 Å². The van der Waals surface area contributed by atoms with Crippen molar-refractivity contribution < 1.29 is 9.50 Å². The summed E-state index contributed by atoms with van der Waals surface area (Å²) in [5, 5.41) is 11.8. The van der Waals surface area contributed by atoms with Crippen LogP contribution in [0.25, 0.3) is 0 Å². The molecule has 0 amide bonds. The van der Waals surface area contributed by atoms with E-state index < -0.39 is 11.4 Å². The molecule has 2 rings (SSSR count). The lowest BCUT2D eigenvalue weighted by atomic mass is 9.84. The Kier molecular flexibility index (Phi) is 4.14. The molecule has 19 heavy (non-hydrogen) atoms. The number of hydrogen-bond donors (Lipinski definition) is 1. The fraction of sp³-hybridized carbons (Fsp3) is 0.200. The Labute approximate surface area is 121 Å². The van der Waals surface area contributed by atoms with E-state index in [0.717, 1.165) is 0 Å². The maximum atomic E-state index is 13.4. The Bertz CT molecular complexity index is 600. The third-order valence-corrected chi connectivity index (χ3v) is 3.75. The van der Waals surface area contributed by atoms with Crippen molar-refractivity contribution in [3.05, 3.63) is 69.5 Å². The summed E-state index contributed by atoms with van der Waals surface area (Å²) >= 11 is 12.1. The molecule has 0 fully saturated rings. The first kappa shape index (κ1) is 14.3. The summed E-state index contributed by atoms with van der Waals surface area (Å²) in [6, 6.07) is 10.7. The standard InChI is InChI=1S/C15H13Cl2FO/c1-2-15(19,10-4-3-5-12(18)8-10)13-9-11(16)6-7-14(13)17/h3-9,19H,2H2,1H3. The second-order valence-corrected chi connectivity index (χ2v) is 5.19. The van der Waals surface area contributed by atoms with Crippen molar-refractivity contribution in [2.24, 2.45) is 0 Å². The van der Waals surface area contributed by atoms with Gasteiger partial charge in [-0.25, -0.2) is 4.39 Å². The smallest absolute Gasteiger partial charge is 0.123 e. The van der Waals surface area contributed by atoms with Gasteiger partial charge < -0.3 is 5.11 Å². The molecular weight excluding hydrogens is 286 g/mol. The number of hydrogen-bond acceptors (Lipinski definition) is 1. The molecule has 0 saturated heterocycles. The molecule has 0 bridgehead atoms. The van der Waals surface area contributed by atoms with Gasteiger partial charge in [-0.05, 0) is 42.3 Å². The lowest BCUT2D eigenvalue weighted by Crippen LogP contribution is -2.26. The minimum atomic E-state index is -1.36. The third kappa shape index (κ3) is 2.76. The summed E-state index contributed by atoms with van der Waals surface area (Å²) < 4.78 is 13.4. The molecule has 0 saturated carbocycles. The van der Waals surface area contributed by atoms with Crippen LogP contribution in [0.1, 0.15) is 24.5 Å². The molecule has 0 aliphatic heterocycles. The second-order valence-electron chi connectivity index (χ2n) is 4.35. The molecular formula is C15H13Cl2FO. The van der Waals surface area contributed by atoms with Crippen LogP contribution in [0.15, 0.2) is 42.5 Å². The first-order valence-corrected chi connectivity index (χ1v) is 6.67. The monoisotopic (exact) mass is 298 g/mol. The fourth-order valence-electron chi connectivity index (χ4n) is 2.11. The summed E-state index contributed by atoms with van der Waals surface area (Å²) in [7, 11) is 0. The highest BCUT2D eigenvalue weighted by Gasteiger charge is 2.32. The molecule has 2 aromatic carbocycles. The van der Waals surface area contributed by atoms with E-state index in [4.69, 9.17) is 23.2 Å². The van der Waals surface area contributed by atoms with Crippen LogP contribution < -0.4 is 0 Å². The highest BCUT2D eigenvalue weighted by molar-refractivity contribution is 6.33. The van der Waals surface area contributed by atoms with Gasteiger partial charge in [0.2, 0.25) is 0 Å². The van der Waals surface area contributed by atoms with Crippen LogP contribution in [0.3, 0.4) is 0 Å². The van der Waals surface area contributed by atoms with E-state index in [-0.39, 0.29) is 0 Å². The molecule has 100 valence electrons. The first-order valence-electron chi connectivity index (χ1n) is 5.91. The van der Waals surface area contributed by atoms with Crippen LogP contribution in [-0.2, 0) is 5.60 Å². The summed E-state index contributed by atoms with van der Waals surface area (Å²) in [5.41, 5.74) is -0.418. The molecule has 0 aromatic heterocycles. The maximum Gasteiger partial charge on any atom is 0.123 e. The normalized spacial score (nSPS) is 14.2. The van der Waals surface area contributed by atoms with Gasteiger partial charge in [-0.15, -0.1) is 0 Å². The molecule has 1 nitrogen and oxygen atoms in total. The number of rotatable bonds is 3. The lowest BCUT2D eigenvalue weighted by molar-refractivity contribution is 0.0763. The second kappa shape index (κ2) is 5.49. The van der Waals surface area contributed by atoms with Gasteiger partial charge in [0, 0.05) is 15.6 Å². The molecule has 4 heteroatoms. The van der Waals surface area contributed by atoms with E-state index in [0.29, 0.717) is 27.6 Å². The highest BCUT2D eigenvalue weighted by Crippen LogP contribution is 2.38. The van der Waals surface area contributed by atoms with Gasteiger partial charge in [0.05, 0.1) is 0 Å². The van der Waals surface area contributed by atoms with E-state index in [2.05, 4.69) is 0 Å². The summed E-state index contributed by atoms with van der Waals surface area (Å²) in [5.74, 6) is -0.400. The van der Waals surface area contributed by atoms with Crippen LogP contribution in [0.2, 0.25) is 10.0 Å². The van der Waals surface area contributed by atoms with Crippen LogP contribution in [0.4, 0.5) is 4.39 Å². The summed E-state index contributed by atoms with van der Waals surface area (Å²) in [6.07, 6.45) is 0.358. The highest BCUT2D eigenvalue weighted by atomic mass is 35.5. The van der Waals surface area contributed by atoms with E-state index >= 15 is 0 Å². The van der Waals surface area contributed by atoms with Gasteiger partial charge in [0.15, 0.2) is 0 Å². The quantitative estimate of drug-likeness (QED) is 0.865. The van der Waals surface area contributed by atoms with Gasteiger partial charge >= 0.3 is 0 Å². The van der Waals surface area contributed by atoms with Gasteiger partial charge in [0.25, 0.3) is 0 Å². The van der Waals surface area contributed by atoms with Gasteiger partial charge in [-0.2, -0.15) is 0 Å². The Morgan fingerprint density at radius 2 is 1.89 bits per heavy atom. The van der Waals surface area contributed by atoms with E-state index in [1.807, 2.05) is 6.92 Å². The topological polar surface area (TPSA) is 20.2 Å². The van der Waals surface area contributed by atoms with Crippen molar-refractivity contribution in [2.75, 3.05) is 0 Å². The fourth-order valence-corrected chi connectivity index (χ4v) is 2.56. The van der Waals surface area contributed by atoms with Crippen molar-refractivity contribution in [3.63, 3.8) is 0 Å². The third-order valence-electron chi connectivity index (χ3n) is 3.19. The average Bonchev–Trinajstić information content (AvgIpc) is 2.40. The number of benzene rings is 2. The predicted molar refractivity (Wildman–Crippen MR) is 76.2 cm³/mol. The molecule has 0 aliphatic carbocycles. The van der Waals surface area contributed by atoms with Crippen molar-refractivity contribution in [3.8, 4) is 0 Å². The molecule has 2 aromatic rings. The maximum absolute atomic E-state index is 13.4. The molecule has 1 unspecified atom stereocenters. The Hall–Kier alpha value is -1.09. The zero-order valence-electron chi connectivity index (χ0n) is 10.3. The Morgan fingerprint density at radius 1 is 1.16 bits per heavy atom. The van der Waals surface area contributed by atoms with Gasteiger partial charge in [0.1, 0.15) is 11.4 Å². The van der Waals surface area contributed by atoms with Crippen molar-refractivity contribution in [1.82, 2.24) is 0 Å². The van der Waals surface area contributed by atoms with Crippen LogP contribution in [0.5, 0.6) is 0 Å². The largest absolute Gasteiger partial charge is 0.380 e. The Balaban J connectivity index is 2.62. The zero-order chi connectivity index (χ0) is 14.0. The van der Waals surface area contributed by atoms with Crippen LogP contribution in [0, 0.1) is 5.82 Å². The molecule has 1 N–H and O–H groups in total. The summed E-state index contributed by atoms with van der Waals surface area (Å²) in [6.45, 7) is 1.81. The van der Waals surface area contributed by atoms with Crippen LogP contribution >= 0.6 is 23.2 Å². The van der Waals surface area contributed by atoms with E-state index in [9.17, 15) is 9.50 Å². The SMILES string of the molecule is CCC(O)(c1cccc(F)c1)c1cc(Cl)ccc1Cl. The van der Waals surface area contributed by atoms with E-state index in [1.54, 1.807) is 30.3 Å². The van der Waals surface area contributed by atoms with Crippen molar-refractivity contribution in [1.29, 1.82) is 0 Å². The van der Waals surface area contributed by atoms with E-state index in [1.165, 1.54) is 12.1 Å². The molecule has 1 atom stereocenters. The lowest BCUT2D eigenvalue weighted by Gasteiger charge is -2.29. The molecule has 0 heterocycles. The van der Waals surface area contributed by atoms with Crippen molar-refractivity contribution in [2.45, 2.75) is 18.9 Å². The zero-order valence-corrected chi connectivity index (χ0v) is 11.8. The predicted octanol–water partition coefficient (Wildman–Crippen LogP) is 4.78.